The lowest BCUT2D eigenvalue weighted by Crippen LogP contribution is -2.64. The molecule has 0 N–H and O–H groups in total. The summed E-state index contributed by atoms with van der Waals surface area (Å²) in [4.78, 5) is 0. The summed E-state index contributed by atoms with van der Waals surface area (Å²) in [5.74, 6) is -1.63. The lowest BCUT2D eigenvalue weighted by Gasteiger charge is -2.49. The number of hydrogen-bond acceptors (Lipinski definition) is 11. The van der Waals surface area contributed by atoms with Gasteiger partial charge in [-0.15, -0.1) is 0 Å². The van der Waals surface area contributed by atoms with Gasteiger partial charge in [0, 0.05) is 5.56 Å². The van der Waals surface area contributed by atoms with Crippen molar-refractivity contribution in [3.63, 3.8) is 0 Å². The van der Waals surface area contributed by atoms with Crippen LogP contribution >= 0.6 is 0 Å². The topological polar surface area (TPSA) is 102 Å². The normalized spacial score (nSPS) is 37.3. The molecule has 5 fully saturated rings. The maximum absolute atomic E-state index is 6.99. The van der Waals surface area contributed by atoms with Crippen molar-refractivity contribution >= 4 is 0 Å². The van der Waals surface area contributed by atoms with Gasteiger partial charge in [0.1, 0.15) is 48.8 Å². The Morgan fingerprint density at radius 3 is 1.84 bits per heavy atom. The average molecular weight is 691 g/mol. The molecule has 5 heterocycles. The third-order valence-corrected chi connectivity index (χ3v) is 9.64. The third-order valence-electron chi connectivity index (χ3n) is 9.64. The molecule has 5 aliphatic rings. The van der Waals surface area contributed by atoms with Crippen LogP contribution in [-0.4, -0.2) is 86.2 Å². The fourth-order valence-corrected chi connectivity index (χ4v) is 7.33. The quantitative estimate of drug-likeness (QED) is 0.273. The minimum atomic E-state index is -0.918. The van der Waals surface area contributed by atoms with E-state index in [1.807, 2.05) is 119 Å². The molecule has 50 heavy (non-hydrogen) atoms. The minimum absolute atomic E-state index is 0.262. The number of hydrogen-bond donors (Lipinski definition) is 0. The van der Waals surface area contributed by atoms with Crippen LogP contribution < -0.4 is 0 Å². The second-order valence-corrected chi connectivity index (χ2v) is 14.3. The maximum atomic E-state index is 6.99. The molecular weight excluding hydrogens is 644 g/mol. The van der Waals surface area contributed by atoms with Crippen LogP contribution in [0.4, 0.5) is 0 Å². The lowest BCUT2D eigenvalue weighted by atomic mass is 9.96. The van der Waals surface area contributed by atoms with Crippen LogP contribution in [0.1, 0.15) is 50.7 Å². The van der Waals surface area contributed by atoms with E-state index in [1.54, 1.807) is 0 Å². The molecule has 11 heteroatoms. The van der Waals surface area contributed by atoms with E-state index >= 15 is 0 Å². The highest BCUT2D eigenvalue weighted by Gasteiger charge is 2.61. The van der Waals surface area contributed by atoms with Gasteiger partial charge in [-0.1, -0.05) is 91.0 Å². The predicted octanol–water partition coefficient (Wildman–Crippen LogP) is 5.41. The monoisotopic (exact) mass is 690 g/mol. The third kappa shape index (κ3) is 7.41. The Kier molecular flexibility index (Phi) is 9.83. The van der Waals surface area contributed by atoms with Gasteiger partial charge in [0.05, 0.1) is 26.4 Å². The maximum Gasteiger partial charge on any atom is 0.190 e. The molecule has 0 aliphatic carbocycles. The Bertz CT molecular complexity index is 1540. The first-order valence-corrected chi connectivity index (χ1v) is 17.5. The highest BCUT2D eigenvalue weighted by Crippen LogP contribution is 2.44. The smallest absolute Gasteiger partial charge is 0.190 e. The fourth-order valence-electron chi connectivity index (χ4n) is 7.33. The minimum Gasteiger partial charge on any atom is -0.368 e. The number of rotatable bonds is 10. The van der Waals surface area contributed by atoms with Gasteiger partial charge in [0.25, 0.3) is 0 Å². The first kappa shape index (κ1) is 34.3. The van der Waals surface area contributed by atoms with E-state index in [-0.39, 0.29) is 6.61 Å². The summed E-state index contributed by atoms with van der Waals surface area (Å²) >= 11 is 0. The molecule has 5 aliphatic heterocycles. The first-order valence-electron chi connectivity index (χ1n) is 17.5. The van der Waals surface area contributed by atoms with Crippen molar-refractivity contribution in [2.75, 3.05) is 13.2 Å². The summed E-state index contributed by atoms with van der Waals surface area (Å²) in [5, 5.41) is 0. The Morgan fingerprint density at radius 2 is 1.20 bits per heavy atom. The lowest BCUT2D eigenvalue weighted by molar-refractivity contribution is -0.381. The first-order chi connectivity index (χ1) is 24.2. The zero-order valence-electron chi connectivity index (χ0n) is 28.8. The van der Waals surface area contributed by atoms with E-state index in [1.165, 1.54) is 0 Å². The number of benzene rings is 3. The molecule has 0 amide bonds. The van der Waals surface area contributed by atoms with Crippen molar-refractivity contribution in [1.82, 2.24) is 0 Å². The molecule has 0 spiro atoms. The Morgan fingerprint density at radius 1 is 0.580 bits per heavy atom. The van der Waals surface area contributed by atoms with E-state index in [2.05, 4.69) is 0 Å². The summed E-state index contributed by atoms with van der Waals surface area (Å²) in [6.45, 7) is 8.71. The van der Waals surface area contributed by atoms with Crippen molar-refractivity contribution in [3.05, 3.63) is 108 Å². The van der Waals surface area contributed by atoms with Crippen LogP contribution in [0.2, 0.25) is 0 Å². The van der Waals surface area contributed by atoms with E-state index in [9.17, 15) is 0 Å². The van der Waals surface area contributed by atoms with Crippen LogP contribution in [0.5, 0.6) is 0 Å². The van der Waals surface area contributed by atoms with Crippen LogP contribution in [0.25, 0.3) is 0 Å². The SMILES string of the molecule is CC1(C)O[C@H]2O[C@H]([C@H]3COC(C)(C)O3)[C@H](OC3O[C@@H]4COC(c5ccccc5)O[C@H]4[C@H](OCc4ccccc4)[C@@H]3OCc3ccccc3)[C@@H]2O1. The Labute approximate surface area is 292 Å². The van der Waals surface area contributed by atoms with E-state index in [0.29, 0.717) is 19.8 Å². The molecule has 3 aromatic carbocycles. The zero-order valence-corrected chi connectivity index (χ0v) is 28.8. The molecule has 0 radical (unpaired) electrons. The average Bonchev–Trinajstić information content (AvgIpc) is 3.75. The molecule has 0 saturated carbocycles. The largest absolute Gasteiger partial charge is 0.368 e. The molecule has 3 aromatic rings. The van der Waals surface area contributed by atoms with Crippen molar-refractivity contribution in [1.29, 1.82) is 0 Å². The predicted molar refractivity (Wildman–Crippen MR) is 177 cm³/mol. The number of fused-ring (bicyclic) bond motifs is 2. The summed E-state index contributed by atoms with van der Waals surface area (Å²) in [7, 11) is 0. The summed E-state index contributed by atoms with van der Waals surface area (Å²) in [5.41, 5.74) is 2.93. The van der Waals surface area contributed by atoms with Crippen molar-refractivity contribution < 1.29 is 52.1 Å². The van der Waals surface area contributed by atoms with Gasteiger partial charge in [-0.25, -0.2) is 0 Å². The van der Waals surface area contributed by atoms with Crippen molar-refractivity contribution in [3.8, 4) is 0 Å². The van der Waals surface area contributed by atoms with Crippen LogP contribution in [0, 0.1) is 0 Å². The van der Waals surface area contributed by atoms with Gasteiger partial charge in [0.2, 0.25) is 0 Å². The highest BCUT2D eigenvalue weighted by molar-refractivity contribution is 5.18. The molecule has 8 rings (SSSR count). The second kappa shape index (κ2) is 14.3. The van der Waals surface area contributed by atoms with Crippen LogP contribution in [0.15, 0.2) is 91.0 Å². The van der Waals surface area contributed by atoms with Crippen LogP contribution in [-0.2, 0) is 65.3 Å². The van der Waals surface area contributed by atoms with Crippen LogP contribution in [0.3, 0.4) is 0 Å². The Balaban J connectivity index is 1.12. The molecule has 11 nitrogen and oxygen atoms in total. The number of ether oxygens (including phenoxy) is 11. The highest BCUT2D eigenvalue weighted by atomic mass is 16.9. The molecule has 0 bridgehead atoms. The van der Waals surface area contributed by atoms with Gasteiger partial charge in [-0.2, -0.15) is 0 Å². The van der Waals surface area contributed by atoms with E-state index < -0.39 is 79.3 Å². The van der Waals surface area contributed by atoms with Gasteiger partial charge >= 0.3 is 0 Å². The van der Waals surface area contributed by atoms with Gasteiger partial charge in [-0.3, -0.25) is 0 Å². The molecule has 0 aromatic heterocycles. The molecular formula is C39H46O11. The summed E-state index contributed by atoms with van der Waals surface area (Å²) in [6.07, 6.45) is -6.73. The fraction of sp³-hybridized carbons (Fsp3) is 0.538. The van der Waals surface area contributed by atoms with Gasteiger partial charge in [-0.05, 0) is 38.8 Å². The van der Waals surface area contributed by atoms with Gasteiger partial charge < -0.3 is 52.1 Å². The van der Waals surface area contributed by atoms with Crippen molar-refractivity contribution in [2.24, 2.45) is 0 Å². The molecule has 268 valence electrons. The van der Waals surface area contributed by atoms with E-state index in [0.717, 1.165) is 16.7 Å². The standard InChI is InChI=1S/C39H46O11/c1-38(2)43-23-28(48-38)30-32(34-37(46-30)50-39(3,4)49-34)47-36-33(41-21-25-16-10-6-11-17-25)31(40-20-24-14-8-5-9-15-24)29-27(44-36)22-42-35(45-29)26-18-12-7-13-19-26/h5-19,27-37H,20-23H2,1-4H3/t27-,28-,29-,30-,31+,32+,33+,34+,35?,36?,37-/m1/s1. The van der Waals surface area contributed by atoms with E-state index in [4.69, 9.17) is 52.1 Å². The molecule has 2 unspecified atom stereocenters. The zero-order chi connectivity index (χ0) is 34.3. The van der Waals surface area contributed by atoms with Crippen molar-refractivity contribution in [2.45, 2.75) is 120 Å². The second-order valence-electron chi connectivity index (χ2n) is 14.3. The van der Waals surface area contributed by atoms with Gasteiger partial charge in [0.15, 0.2) is 30.4 Å². The summed E-state index contributed by atoms with van der Waals surface area (Å²) < 4.78 is 71.5. The molecule has 5 saturated heterocycles. The summed E-state index contributed by atoms with van der Waals surface area (Å²) in [6, 6.07) is 29.9. The Hall–Kier alpha value is -2.78. The molecule has 11 atom stereocenters.